The Morgan fingerprint density at radius 3 is 2.48 bits per heavy atom. The molecule has 0 spiro atoms. The monoisotopic (exact) mass is 404 g/mol. The molecule has 1 aromatic heterocycles. The molecule has 0 amide bonds. The van der Waals surface area contributed by atoms with Crippen molar-refractivity contribution in [2.45, 2.75) is 24.5 Å². The van der Waals surface area contributed by atoms with Crippen LogP contribution in [0.4, 0.5) is 5.95 Å². The van der Waals surface area contributed by atoms with Gasteiger partial charge in [-0.1, -0.05) is 0 Å². The van der Waals surface area contributed by atoms with Crippen molar-refractivity contribution < 1.29 is 47.6 Å². The normalized spacial score (nSPS) is 29.5. The first kappa shape index (κ1) is 20.1. The number of rotatable bonds is 6. The molecule has 0 aliphatic carbocycles. The SMILES string of the molecule is Nc1ncn([C@@H]2O[C@H](COP(=O)(O)OP(=O)(O)O)[C@H](O)[C@H]2O)c(=O)n1. The molecule has 0 radical (unpaired) electrons. The van der Waals surface area contributed by atoms with E-state index in [1.807, 2.05) is 0 Å². The Labute approximate surface area is 138 Å². The van der Waals surface area contributed by atoms with Crippen LogP contribution in [0.5, 0.6) is 0 Å². The Kier molecular flexibility index (Phi) is 5.75. The highest BCUT2D eigenvalue weighted by molar-refractivity contribution is 7.60. The van der Waals surface area contributed by atoms with Gasteiger partial charge < -0.3 is 35.4 Å². The van der Waals surface area contributed by atoms with Crippen LogP contribution in [0, 0.1) is 0 Å². The van der Waals surface area contributed by atoms with Crippen LogP contribution in [-0.4, -0.2) is 64.3 Å². The van der Waals surface area contributed by atoms with Gasteiger partial charge in [0, 0.05) is 0 Å². The largest absolute Gasteiger partial charge is 0.481 e. The molecule has 25 heavy (non-hydrogen) atoms. The summed E-state index contributed by atoms with van der Waals surface area (Å²) in [5.74, 6) is -0.329. The zero-order valence-corrected chi connectivity index (χ0v) is 13.9. The minimum atomic E-state index is -5.31. The summed E-state index contributed by atoms with van der Waals surface area (Å²) in [6, 6.07) is 0. The van der Waals surface area contributed by atoms with Crippen LogP contribution in [0.1, 0.15) is 6.23 Å². The van der Waals surface area contributed by atoms with Crippen molar-refractivity contribution >= 4 is 21.6 Å². The standard InChI is InChI=1S/C8H14N4O11P2/c9-7-10-2-12(8(15)11-7)6-5(14)4(13)3(22-6)1-21-25(19,20)23-24(16,17)18/h2-6,13-14H,1H2,(H,19,20)(H2,9,11,15)(H2,16,17,18)/t3-,4+,5-,6-/m1/s1. The summed E-state index contributed by atoms with van der Waals surface area (Å²) >= 11 is 0. The van der Waals surface area contributed by atoms with Crippen LogP contribution in [-0.2, 0) is 22.7 Å². The van der Waals surface area contributed by atoms with Crippen LogP contribution in [0.3, 0.4) is 0 Å². The van der Waals surface area contributed by atoms with E-state index in [-0.39, 0.29) is 5.95 Å². The van der Waals surface area contributed by atoms with Crippen LogP contribution in [0.15, 0.2) is 11.1 Å². The van der Waals surface area contributed by atoms with Gasteiger partial charge in [-0.2, -0.15) is 9.29 Å². The quantitative estimate of drug-likeness (QED) is 0.260. The Bertz CT molecular complexity index is 780. The lowest BCUT2D eigenvalue weighted by molar-refractivity contribution is -0.0546. The summed E-state index contributed by atoms with van der Waals surface area (Å²) in [6.45, 7) is -0.896. The molecule has 142 valence electrons. The molecule has 2 rings (SSSR count). The van der Waals surface area contributed by atoms with Gasteiger partial charge in [-0.25, -0.2) is 18.9 Å². The minimum absolute atomic E-state index is 0.329. The number of aliphatic hydroxyl groups is 2. The summed E-state index contributed by atoms with van der Waals surface area (Å²) in [4.78, 5) is 44.6. The number of phosphoric acid groups is 2. The number of nitrogens with two attached hydrogens (primary N) is 1. The average molecular weight is 404 g/mol. The lowest BCUT2D eigenvalue weighted by Crippen LogP contribution is -2.36. The van der Waals surface area contributed by atoms with E-state index < -0.39 is 52.5 Å². The topological polar surface area (TPSA) is 237 Å². The highest BCUT2D eigenvalue weighted by Crippen LogP contribution is 2.57. The molecule has 1 saturated heterocycles. The molecule has 7 N–H and O–H groups in total. The molecular weight excluding hydrogens is 390 g/mol. The van der Waals surface area contributed by atoms with Gasteiger partial charge >= 0.3 is 21.3 Å². The number of ether oxygens (including phenoxy) is 1. The summed E-state index contributed by atoms with van der Waals surface area (Å²) < 4.78 is 35.6. The Balaban J connectivity index is 2.08. The lowest BCUT2D eigenvalue weighted by atomic mass is 10.1. The van der Waals surface area contributed by atoms with Crippen LogP contribution in [0.2, 0.25) is 0 Å². The number of phosphoric ester groups is 1. The first-order valence-corrected chi connectivity index (χ1v) is 9.39. The van der Waals surface area contributed by atoms with Crippen molar-refractivity contribution in [3.8, 4) is 0 Å². The van der Waals surface area contributed by atoms with Gasteiger partial charge in [0.1, 0.15) is 24.6 Å². The third kappa shape index (κ3) is 5.12. The van der Waals surface area contributed by atoms with Gasteiger partial charge in [-0.3, -0.25) is 9.09 Å². The summed E-state index contributed by atoms with van der Waals surface area (Å²) in [7, 11) is -10.5. The molecule has 1 aliphatic heterocycles. The molecule has 1 unspecified atom stereocenters. The number of aromatic nitrogens is 3. The van der Waals surface area contributed by atoms with Gasteiger partial charge in [0.05, 0.1) is 6.61 Å². The first-order valence-electron chi connectivity index (χ1n) is 6.36. The molecular formula is C8H14N4O11P2. The van der Waals surface area contributed by atoms with Crippen molar-refractivity contribution in [3.63, 3.8) is 0 Å². The zero-order chi connectivity index (χ0) is 19.0. The fourth-order valence-electron chi connectivity index (χ4n) is 1.95. The average Bonchev–Trinajstić information content (AvgIpc) is 2.71. The molecule has 1 aliphatic rings. The van der Waals surface area contributed by atoms with Crippen molar-refractivity contribution in [3.05, 3.63) is 16.8 Å². The van der Waals surface area contributed by atoms with E-state index in [2.05, 4.69) is 18.8 Å². The summed E-state index contributed by atoms with van der Waals surface area (Å²) in [5, 5.41) is 19.8. The Morgan fingerprint density at radius 1 is 1.28 bits per heavy atom. The van der Waals surface area contributed by atoms with Crippen LogP contribution < -0.4 is 11.4 Å². The van der Waals surface area contributed by atoms with Crippen molar-refractivity contribution in [2.24, 2.45) is 0 Å². The molecule has 15 nitrogen and oxygen atoms in total. The molecule has 0 saturated carbocycles. The fraction of sp³-hybridized carbons (Fsp3) is 0.625. The van der Waals surface area contributed by atoms with Crippen LogP contribution >= 0.6 is 15.6 Å². The maximum Gasteiger partial charge on any atom is 0.481 e. The van der Waals surface area contributed by atoms with Crippen molar-refractivity contribution in [1.82, 2.24) is 14.5 Å². The number of anilines is 1. The Hall–Kier alpha value is -1.25. The second kappa shape index (κ2) is 7.17. The second-order valence-electron chi connectivity index (χ2n) is 4.79. The first-order chi connectivity index (χ1) is 11.4. The summed E-state index contributed by atoms with van der Waals surface area (Å²) in [6.07, 6.45) is -5.34. The van der Waals surface area contributed by atoms with E-state index >= 15 is 0 Å². The smallest absolute Gasteiger partial charge is 0.387 e. The maximum atomic E-state index is 11.7. The lowest BCUT2D eigenvalue weighted by Gasteiger charge is -2.17. The number of hydrogen-bond acceptors (Lipinski definition) is 11. The van der Waals surface area contributed by atoms with Gasteiger partial charge in [-0.15, -0.1) is 0 Å². The third-order valence-electron chi connectivity index (χ3n) is 2.97. The maximum absolute atomic E-state index is 11.7. The number of nitrogen functional groups attached to an aromatic ring is 1. The molecule has 0 bridgehead atoms. The zero-order valence-electron chi connectivity index (χ0n) is 12.1. The Morgan fingerprint density at radius 2 is 1.92 bits per heavy atom. The van der Waals surface area contributed by atoms with E-state index in [0.29, 0.717) is 0 Å². The van der Waals surface area contributed by atoms with Crippen molar-refractivity contribution in [1.29, 1.82) is 0 Å². The molecule has 17 heteroatoms. The molecule has 1 aromatic rings. The van der Waals surface area contributed by atoms with Crippen molar-refractivity contribution in [2.75, 3.05) is 12.3 Å². The van der Waals surface area contributed by atoms with E-state index in [9.17, 15) is 24.1 Å². The molecule has 5 atom stereocenters. The summed E-state index contributed by atoms with van der Waals surface area (Å²) in [5.41, 5.74) is 4.27. The minimum Gasteiger partial charge on any atom is -0.387 e. The predicted octanol–water partition coefficient (Wildman–Crippen LogP) is -2.93. The molecule has 0 aromatic carbocycles. The number of hydrogen-bond donors (Lipinski definition) is 6. The predicted molar refractivity (Wildman–Crippen MR) is 75.5 cm³/mol. The number of nitrogens with zero attached hydrogens (tertiary/aromatic N) is 3. The molecule has 1 fully saturated rings. The highest BCUT2D eigenvalue weighted by atomic mass is 31.3. The van der Waals surface area contributed by atoms with Gasteiger partial charge in [0.25, 0.3) is 0 Å². The van der Waals surface area contributed by atoms with Gasteiger partial charge in [0.2, 0.25) is 5.95 Å². The molecule has 2 heterocycles. The highest BCUT2D eigenvalue weighted by Gasteiger charge is 2.45. The fourth-order valence-corrected chi connectivity index (χ4v) is 3.55. The van der Waals surface area contributed by atoms with E-state index in [1.165, 1.54) is 0 Å². The van der Waals surface area contributed by atoms with Gasteiger partial charge in [0.15, 0.2) is 6.23 Å². The van der Waals surface area contributed by atoms with Gasteiger partial charge in [-0.05, 0) is 0 Å². The number of aliphatic hydroxyl groups excluding tert-OH is 2. The second-order valence-corrected chi connectivity index (χ2v) is 7.62. The van der Waals surface area contributed by atoms with Crippen LogP contribution in [0.25, 0.3) is 0 Å². The van der Waals surface area contributed by atoms with E-state index in [0.717, 1.165) is 10.9 Å². The van der Waals surface area contributed by atoms with E-state index in [1.54, 1.807) is 0 Å². The van der Waals surface area contributed by atoms with E-state index in [4.69, 9.17) is 25.2 Å². The third-order valence-corrected chi connectivity index (χ3v) is 5.12.